The van der Waals surface area contributed by atoms with Gasteiger partial charge in [0.1, 0.15) is 32.7 Å². The number of pyridine rings is 1. The minimum Gasteiger partial charge on any atom is -0.337 e. The van der Waals surface area contributed by atoms with Gasteiger partial charge in [0.05, 0.1) is 0 Å². The predicted molar refractivity (Wildman–Crippen MR) is 49.1 cm³/mol. The Morgan fingerprint density at radius 1 is 1.23 bits per heavy atom. The van der Waals surface area contributed by atoms with Gasteiger partial charge in [-0.2, -0.15) is 0 Å². The molecule has 1 aromatic heterocycles. The molecule has 0 spiro atoms. The van der Waals surface area contributed by atoms with E-state index in [0.717, 1.165) is 0 Å². The molecule has 2 heterocycles. The van der Waals surface area contributed by atoms with E-state index in [-0.39, 0.29) is 0 Å². The highest BCUT2D eigenvalue weighted by Gasteiger charge is 2.15. The largest absolute Gasteiger partial charge is 0.337 e. The third-order valence-electron chi connectivity index (χ3n) is 2.65. The molecule has 0 aromatic carbocycles. The molecule has 0 radical (unpaired) electrons. The molecule has 0 amide bonds. The Balaban J connectivity index is 1.90. The number of aromatic amines is 1. The van der Waals surface area contributed by atoms with E-state index in [1.807, 2.05) is 12.4 Å². The predicted octanol–water partition coefficient (Wildman–Crippen LogP) is -2.54. The molecule has 13 heavy (non-hydrogen) atoms. The van der Waals surface area contributed by atoms with Crippen molar-refractivity contribution in [3.8, 4) is 0 Å². The van der Waals surface area contributed by atoms with Crippen LogP contribution in [-0.4, -0.2) is 26.2 Å². The zero-order valence-corrected chi connectivity index (χ0v) is 7.92. The number of hydrogen-bond donors (Lipinski definition) is 2. The molecule has 0 unspecified atom stereocenters. The van der Waals surface area contributed by atoms with Gasteiger partial charge < -0.3 is 10.2 Å². The van der Waals surface area contributed by atoms with Crippen LogP contribution in [-0.2, 0) is 6.54 Å². The topological polar surface area (TPSA) is 35.2 Å². The first-order chi connectivity index (χ1) is 6.45. The standard InChI is InChI=1S/C10H15N3/c1-3-11-4-2-10(1)9-13-7-5-12-6-8-13/h1-4,12H,5-9H2/p+3. The van der Waals surface area contributed by atoms with E-state index >= 15 is 0 Å². The fourth-order valence-electron chi connectivity index (χ4n) is 1.89. The summed E-state index contributed by atoms with van der Waals surface area (Å²) < 4.78 is 0. The molecule has 0 aliphatic carbocycles. The molecule has 3 nitrogen and oxygen atoms in total. The first-order valence-corrected chi connectivity index (χ1v) is 5.05. The van der Waals surface area contributed by atoms with Crippen molar-refractivity contribution in [3.05, 3.63) is 30.1 Å². The first-order valence-electron chi connectivity index (χ1n) is 5.05. The summed E-state index contributed by atoms with van der Waals surface area (Å²) in [5.41, 5.74) is 1.44. The normalized spacial score (nSPS) is 18.8. The fourth-order valence-corrected chi connectivity index (χ4v) is 1.89. The number of piperazine rings is 1. The number of nitrogens with two attached hydrogens (primary N) is 1. The maximum atomic E-state index is 3.05. The van der Waals surface area contributed by atoms with Crippen molar-refractivity contribution in [1.29, 1.82) is 0 Å². The Bertz CT molecular complexity index is 242. The highest BCUT2D eigenvalue weighted by atomic mass is 15.2. The first kappa shape index (κ1) is 8.66. The molecule has 0 atom stereocenters. The van der Waals surface area contributed by atoms with Gasteiger partial charge in [-0.3, -0.25) is 0 Å². The number of H-pyrrole nitrogens is 1. The van der Waals surface area contributed by atoms with Crippen LogP contribution in [0.25, 0.3) is 0 Å². The average Bonchev–Trinajstić information content (AvgIpc) is 2.21. The summed E-state index contributed by atoms with van der Waals surface area (Å²) >= 11 is 0. The maximum Gasteiger partial charge on any atom is 0.167 e. The second-order valence-electron chi connectivity index (χ2n) is 3.70. The van der Waals surface area contributed by atoms with Crippen molar-refractivity contribution in [3.63, 3.8) is 0 Å². The lowest BCUT2D eigenvalue weighted by molar-refractivity contribution is -0.958. The summed E-state index contributed by atoms with van der Waals surface area (Å²) in [6.07, 6.45) is 4.01. The van der Waals surface area contributed by atoms with Crippen LogP contribution in [0.15, 0.2) is 24.5 Å². The van der Waals surface area contributed by atoms with Crippen LogP contribution in [0.1, 0.15) is 5.56 Å². The smallest absolute Gasteiger partial charge is 0.167 e. The second kappa shape index (κ2) is 4.35. The molecule has 0 saturated carbocycles. The van der Waals surface area contributed by atoms with E-state index in [1.54, 1.807) is 4.90 Å². The van der Waals surface area contributed by atoms with Crippen molar-refractivity contribution in [1.82, 2.24) is 0 Å². The Morgan fingerprint density at radius 2 is 1.92 bits per heavy atom. The number of aromatic nitrogens is 1. The summed E-state index contributed by atoms with van der Waals surface area (Å²) in [6, 6.07) is 4.34. The van der Waals surface area contributed by atoms with E-state index in [1.165, 1.54) is 38.3 Å². The molecule has 1 fully saturated rings. The van der Waals surface area contributed by atoms with Gasteiger partial charge in [0.2, 0.25) is 0 Å². The number of rotatable bonds is 2. The van der Waals surface area contributed by atoms with Gasteiger partial charge >= 0.3 is 0 Å². The molecule has 0 bridgehead atoms. The Kier molecular flexibility index (Phi) is 2.90. The van der Waals surface area contributed by atoms with Gasteiger partial charge in [-0.05, 0) is 0 Å². The molecule has 2 rings (SSSR count). The fraction of sp³-hybridized carbons (Fsp3) is 0.500. The molecule has 1 aliphatic heterocycles. The number of nitrogens with one attached hydrogen (secondary N) is 2. The zero-order chi connectivity index (χ0) is 8.93. The molecule has 3 heteroatoms. The van der Waals surface area contributed by atoms with Crippen molar-refractivity contribution >= 4 is 0 Å². The maximum absolute atomic E-state index is 3.05. The Hall–Kier alpha value is -0.930. The van der Waals surface area contributed by atoms with Crippen LogP contribution in [0, 0.1) is 0 Å². The molecule has 1 saturated heterocycles. The summed E-state index contributed by atoms with van der Waals surface area (Å²) in [5.74, 6) is 0. The van der Waals surface area contributed by atoms with Gasteiger partial charge in [-0.15, -0.1) is 0 Å². The van der Waals surface area contributed by atoms with Crippen LogP contribution in [0.2, 0.25) is 0 Å². The molecule has 70 valence electrons. The SMILES string of the molecule is c1cc(C[NH+]2CC[NH2+]CC2)cc[nH+]1. The van der Waals surface area contributed by atoms with E-state index in [0.29, 0.717) is 0 Å². The molecule has 4 N–H and O–H groups in total. The summed E-state index contributed by atoms with van der Waals surface area (Å²) in [4.78, 5) is 4.77. The molecular formula is C10H18N3+3. The minimum absolute atomic E-state index is 1.18. The highest BCUT2D eigenvalue weighted by molar-refractivity contribution is 5.04. The van der Waals surface area contributed by atoms with E-state index in [9.17, 15) is 0 Å². The van der Waals surface area contributed by atoms with E-state index in [4.69, 9.17) is 0 Å². The van der Waals surface area contributed by atoms with Crippen LogP contribution < -0.4 is 15.2 Å². The average molecular weight is 180 g/mol. The van der Waals surface area contributed by atoms with Crippen LogP contribution in [0.4, 0.5) is 0 Å². The lowest BCUT2D eigenvalue weighted by atomic mass is 10.2. The zero-order valence-electron chi connectivity index (χ0n) is 7.92. The van der Waals surface area contributed by atoms with Crippen LogP contribution in [0.5, 0.6) is 0 Å². The van der Waals surface area contributed by atoms with Crippen LogP contribution >= 0.6 is 0 Å². The molecule has 1 aromatic rings. The van der Waals surface area contributed by atoms with Gasteiger partial charge in [-0.1, -0.05) is 0 Å². The van der Waals surface area contributed by atoms with Crippen molar-refractivity contribution in [2.45, 2.75) is 6.54 Å². The van der Waals surface area contributed by atoms with Gasteiger partial charge in [-0.25, -0.2) is 4.98 Å². The highest BCUT2D eigenvalue weighted by Crippen LogP contribution is 1.89. The quantitative estimate of drug-likeness (QED) is 0.503. The van der Waals surface area contributed by atoms with Crippen molar-refractivity contribution in [2.75, 3.05) is 26.2 Å². The third-order valence-corrected chi connectivity index (χ3v) is 2.65. The number of quaternary nitrogens is 2. The van der Waals surface area contributed by atoms with Gasteiger partial charge in [0, 0.05) is 17.7 Å². The lowest BCUT2D eigenvalue weighted by Gasteiger charge is -2.21. The molecule has 1 aliphatic rings. The third kappa shape index (κ3) is 2.50. The second-order valence-corrected chi connectivity index (χ2v) is 3.70. The van der Waals surface area contributed by atoms with Crippen molar-refractivity contribution in [2.24, 2.45) is 0 Å². The summed E-state index contributed by atoms with van der Waals surface area (Å²) in [6.45, 7) is 6.36. The Labute approximate surface area is 78.8 Å². The lowest BCUT2D eigenvalue weighted by Crippen LogP contribution is -3.19. The summed E-state index contributed by atoms with van der Waals surface area (Å²) in [7, 11) is 0. The van der Waals surface area contributed by atoms with E-state index < -0.39 is 0 Å². The Morgan fingerprint density at radius 3 is 2.62 bits per heavy atom. The number of hydrogen-bond acceptors (Lipinski definition) is 0. The van der Waals surface area contributed by atoms with Gasteiger partial charge in [0.15, 0.2) is 12.4 Å². The van der Waals surface area contributed by atoms with Crippen LogP contribution in [0.3, 0.4) is 0 Å². The molecular weight excluding hydrogens is 162 g/mol. The minimum atomic E-state index is 1.18. The summed E-state index contributed by atoms with van der Waals surface area (Å²) in [5, 5.41) is 2.41. The van der Waals surface area contributed by atoms with Gasteiger partial charge in [0.25, 0.3) is 0 Å². The monoisotopic (exact) mass is 180 g/mol. The van der Waals surface area contributed by atoms with E-state index in [2.05, 4.69) is 22.4 Å². The van der Waals surface area contributed by atoms with Crippen molar-refractivity contribution < 1.29 is 15.2 Å².